The van der Waals surface area contributed by atoms with Crippen LogP contribution in [0.2, 0.25) is 0 Å². The van der Waals surface area contributed by atoms with E-state index in [-0.39, 0.29) is 0 Å². The summed E-state index contributed by atoms with van der Waals surface area (Å²) in [5.41, 5.74) is 1.98. The normalized spacial score (nSPS) is 10.8. The first-order chi connectivity index (χ1) is 6.74. The van der Waals surface area contributed by atoms with Gasteiger partial charge in [-0.05, 0) is 27.2 Å². The molecule has 0 saturated heterocycles. The Bertz CT molecular complexity index is 318. The van der Waals surface area contributed by atoms with Gasteiger partial charge in [0.25, 0.3) is 0 Å². The number of nitrogens with zero attached hydrogens (tertiary/aromatic N) is 2. The molecule has 76 valence electrons. The largest absolute Gasteiger partial charge is 0.368 e. The number of allylic oxidation sites excluding steroid dienone is 1. The van der Waals surface area contributed by atoms with Crippen molar-refractivity contribution in [2.75, 3.05) is 11.9 Å². The Labute approximate surface area is 85.3 Å². The molecule has 1 aromatic rings. The van der Waals surface area contributed by atoms with Crippen LogP contribution in [-0.2, 0) is 0 Å². The maximum absolute atomic E-state index is 4.37. The van der Waals surface area contributed by atoms with Crippen LogP contribution in [0.5, 0.6) is 0 Å². The molecule has 0 aliphatic rings. The molecule has 0 atom stereocenters. The van der Waals surface area contributed by atoms with Crippen LogP contribution in [0.15, 0.2) is 18.3 Å². The molecule has 1 N–H and O–H groups in total. The number of aryl methyl sites for hydroxylation is 2. The maximum atomic E-state index is 4.37. The minimum Gasteiger partial charge on any atom is -0.368 e. The molecule has 3 nitrogen and oxygen atoms in total. The molecule has 0 unspecified atom stereocenters. The fourth-order valence-corrected chi connectivity index (χ4v) is 1.08. The number of hydrogen-bond acceptors (Lipinski definition) is 3. The summed E-state index contributed by atoms with van der Waals surface area (Å²) in [6.07, 6.45) is 6.97. The monoisotopic (exact) mass is 191 g/mol. The van der Waals surface area contributed by atoms with Gasteiger partial charge in [-0.1, -0.05) is 12.2 Å². The van der Waals surface area contributed by atoms with E-state index in [1.807, 2.05) is 26.8 Å². The van der Waals surface area contributed by atoms with Crippen molar-refractivity contribution < 1.29 is 0 Å². The van der Waals surface area contributed by atoms with Crippen molar-refractivity contribution >= 4 is 5.82 Å². The van der Waals surface area contributed by atoms with Crippen LogP contribution < -0.4 is 5.32 Å². The Hall–Kier alpha value is -1.38. The first-order valence-corrected chi connectivity index (χ1v) is 4.89. The van der Waals surface area contributed by atoms with Crippen molar-refractivity contribution in [1.82, 2.24) is 9.97 Å². The molecule has 0 radical (unpaired) electrons. The van der Waals surface area contributed by atoms with Gasteiger partial charge in [0.05, 0.1) is 17.6 Å². The molecule has 0 aliphatic heterocycles. The summed E-state index contributed by atoms with van der Waals surface area (Å²) >= 11 is 0. The van der Waals surface area contributed by atoms with Crippen molar-refractivity contribution in [3.05, 3.63) is 29.7 Å². The zero-order chi connectivity index (χ0) is 10.4. The molecule has 14 heavy (non-hydrogen) atoms. The van der Waals surface area contributed by atoms with E-state index >= 15 is 0 Å². The first-order valence-electron chi connectivity index (χ1n) is 4.89. The van der Waals surface area contributed by atoms with Crippen LogP contribution in [0.4, 0.5) is 5.82 Å². The summed E-state index contributed by atoms with van der Waals surface area (Å²) in [5, 5.41) is 3.22. The van der Waals surface area contributed by atoms with Crippen molar-refractivity contribution in [3.8, 4) is 0 Å². The molecule has 1 heterocycles. The molecule has 0 amide bonds. The topological polar surface area (TPSA) is 37.8 Å². The predicted octanol–water partition coefficient (Wildman–Crippen LogP) is 2.47. The fraction of sp³-hybridized carbons (Fsp3) is 0.455. The molecular weight excluding hydrogens is 174 g/mol. The van der Waals surface area contributed by atoms with Gasteiger partial charge < -0.3 is 5.32 Å². The summed E-state index contributed by atoms with van der Waals surface area (Å²) in [7, 11) is 0. The second kappa shape index (κ2) is 5.37. The van der Waals surface area contributed by atoms with E-state index in [1.165, 1.54) is 0 Å². The van der Waals surface area contributed by atoms with Gasteiger partial charge in [-0.3, -0.25) is 4.98 Å². The molecule has 0 aliphatic carbocycles. The summed E-state index contributed by atoms with van der Waals surface area (Å²) in [6.45, 7) is 6.86. The number of aromatic nitrogens is 2. The Balaban J connectivity index is 2.47. The zero-order valence-electron chi connectivity index (χ0n) is 9.04. The maximum Gasteiger partial charge on any atom is 0.144 e. The van der Waals surface area contributed by atoms with Gasteiger partial charge >= 0.3 is 0 Å². The lowest BCUT2D eigenvalue weighted by atomic mass is 10.3. The summed E-state index contributed by atoms with van der Waals surface area (Å²) < 4.78 is 0. The highest BCUT2D eigenvalue weighted by molar-refractivity contribution is 5.33. The molecule has 0 fully saturated rings. The van der Waals surface area contributed by atoms with Gasteiger partial charge in [0, 0.05) is 6.54 Å². The number of rotatable bonds is 4. The van der Waals surface area contributed by atoms with Crippen LogP contribution in [0.25, 0.3) is 0 Å². The average molecular weight is 191 g/mol. The zero-order valence-corrected chi connectivity index (χ0v) is 9.04. The van der Waals surface area contributed by atoms with Gasteiger partial charge in [-0.2, -0.15) is 0 Å². The highest BCUT2D eigenvalue weighted by Gasteiger charge is 1.97. The Morgan fingerprint density at radius 2 is 2.14 bits per heavy atom. The minimum atomic E-state index is 0.859. The predicted molar refractivity (Wildman–Crippen MR) is 59.4 cm³/mol. The van der Waals surface area contributed by atoms with Crippen LogP contribution in [0.3, 0.4) is 0 Å². The fourth-order valence-electron chi connectivity index (χ4n) is 1.08. The van der Waals surface area contributed by atoms with Crippen molar-refractivity contribution in [1.29, 1.82) is 0 Å². The second-order valence-corrected chi connectivity index (χ2v) is 3.21. The van der Waals surface area contributed by atoms with Gasteiger partial charge in [0.15, 0.2) is 0 Å². The van der Waals surface area contributed by atoms with Crippen molar-refractivity contribution in [2.45, 2.75) is 27.2 Å². The van der Waals surface area contributed by atoms with Crippen LogP contribution in [-0.4, -0.2) is 16.5 Å². The lowest BCUT2D eigenvalue weighted by Gasteiger charge is -2.05. The van der Waals surface area contributed by atoms with Gasteiger partial charge in [-0.15, -0.1) is 0 Å². The van der Waals surface area contributed by atoms with Crippen LogP contribution in [0, 0.1) is 13.8 Å². The third-order valence-corrected chi connectivity index (χ3v) is 2.05. The molecular formula is C11H17N3. The van der Waals surface area contributed by atoms with E-state index in [4.69, 9.17) is 0 Å². The molecule has 1 aromatic heterocycles. The molecule has 0 aromatic carbocycles. The average Bonchev–Trinajstić information content (AvgIpc) is 2.18. The standard InChI is InChI=1S/C11H17N3/c1-4-5-6-7-12-11-8-13-9(2)10(3)14-11/h4-5,8H,6-7H2,1-3H3,(H,12,14)/b5-4+. The van der Waals surface area contributed by atoms with E-state index in [1.54, 1.807) is 6.20 Å². The Morgan fingerprint density at radius 1 is 1.36 bits per heavy atom. The lowest BCUT2D eigenvalue weighted by molar-refractivity contribution is 0.997. The highest BCUT2D eigenvalue weighted by atomic mass is 15.0. The van der Waals surface area contributed by atoms with Crippen molar-refractivity contribution in [3.63, 3.8) is 0 Å². The number of nitrogens with one attached hydrogen (secondary N) is 1. The van der Waals surface area contributed by atoms with Crippen molar-refractivity contribution in [2.24, 2.45) is 0 Å². The Kier molecular flexibility index (Phi) is 4.11. The third kappa shape index (κ3) is 3.17. The molecule has 1 rings (SSSR count). The van der Waals surface area contributed by atoms with E-state index < -0.39 is 0 Å². The summed E-state index contributed by atoms with van der Waals surface area (Å²) in [6, 6.07) is 0. The Morgan fingerprint density at radius 3 is 2.79 bits per heavy atom. The van der Waals surface area contributed by atoms with Crippen LogP contribution in [0.1, 0.15) is 24.7 Å². The van der Waals surface area contributed by atoms with Gasteiger partial charge in [0.2, 0.25) is 0 Å². The highest BCUT2D eigenvalue weighted by Crippen LogP contribution is 2.05. The number of anilines is 1. The third-order valence-electron chi connectivity index (χ3n) is 2.05. The van der Waals surface area contributed by atoms with Gasteiger partial charge in [-0.25, -0.2) is 4.98 Å². The van der Waals surface area contributed by atoms with Gasteiger partial charge in [0.1, 0.15) is 5.82 Å². The smallest absolute Gasteiger partial charge is 0.144 e. The molecule has 0 saturated carbocycles. The lowest BCUT2D eigenvalue weighted by Crippen LogP contribution is -2.04. The molecule has 0 bridgehead atoms. The van der Waals surface area contributed by atoms with E-state index in [0.29, 0.717) is 0 Å². The quantitative estimate of drug-likeness (QED) is 0.587. The second-order valence-electron chi connectivity index (χ2n) is 3.21. The van der Waals surface area contributed by atoms with E-state index in [0.717, 1.165) is 30.2 Å². The van der Waals surface area contributed by atoms with E-state index in [2.05, 4.69) is 21.4 Å². The summed E-state index contributed by atoms with van der Waals surface area (Å²) in [5.74, 6) is 0.859. The SMILES string of the molecule is C/C=C/CCNc1cnc(C)c(C)n1. The molecule has 0 spiro atoms. The summed E-state index contributed by atoms with van der Waals surface area (Å²) in [4.78, 5) is 8.61. The minimum absolute atomic E-state index is 0.859. The van der Waals surface area contributed by atoms with Crippen LogP contribution >= 0.6 is 0 Å². The van der Waals surface area contributed by atoms with E-state index in [9.17, 15) is 0 Å². The molecule has 3 heteroatoms. The first kappa shape index (κ1) is 10.7. The number of hydrogen-bond donors (Lipinski definition) is 1.